The number of hydrogen-bond donors (Lipinski definition) is 3. The Labute approximate surface area is 88.9 Å². The largest absolute Gasteiger partial charge is 0.504 e. The summed E-state index contributed by atoms with van der Waals surface area (Å²) < 4.78 is 13.7. The van der Waals surface area contributed by atoms with Gasteiger partial charge >= 0.3 is 0 Å². The zero-order chi connectivity index (χ0) is 10.7. The molecule has 5 heteroatoms. The van der Waals surface area contributed by atoms with E-state index < -0.39 is 17.3 Å². The molecular weight excluding hydrogens is 255 g/mol. The monoisotopic (exact) mass is 264 g/mol. The van der Waals surface area contributed by atoms with Gasteiger partial charge < -0.3 is 15.3 Å². The first-order chi connectivity index (χ1) is 6.57. The first-order valence-electron chi connectivity index (χ1n) is 4.07. The highest BCUT2D eigenvalue weighted by Gasteiger charge is 2.15. The molecule has 1 aromatic rings. The van der Waals surface area contributed by atoms with Crippen molar-refractivity contribution in [2.45, 2.75) is 12.8 Å². The number of halogens is 2. The molecule has 78 valence electrons. The summed E-state index contributed by atoms with van der Waals surface area (Å²) in [5.74, 6) is -2.09. The van der Waals surface area contributed by atoms with Crippen LogP contribution in [0.4, 0.5) is 4.39 Å². The second kappa shape index (κ2) is 4.61. The second-order valence-corrected chi connectivity index (χ2v) is 3.70. The zero-order valence-electron chi connectivity index (χ0n) is 7.30. The van der Waals surface area contributed by atoms with Gasteiger partial charge in [-0.3, -0.25) is 0 Å². The lowest BCUT2D eigenvalue weighted by Gasteiger charge is -2.08. The van der Waals surface area contributed by atoms with Crippen LogP contribution in [-0.4, -0.2) is 21.9 Å². The molecule has 0 saturated carbocycles. The predicted molar refractivity (Wildman–Crippen MR) is 52.8 cm³/mol. The molecule has 3 nitrogen and oxygen atoms in total. The van der Waals surface area contributed by atoms with Crippen LogP contribution in [0.5, 0.6) is 11.5 Å². The van der Waals surface area contributed by atoms with Gasteiger partial charge in [-0.25, -0.2) is 4.39 Å². The van der Waals surface area contributed by atoms with E-state index in [2.05, 4.69) is 15.9 Å². The molecule has 0 aromatic heterocycles. The third-order valence-electron chi connectivity index (χ3n) is 1.85. The van der Waals surface area contributed by atoms with Gasteiger partial charge in [-0.2, -0.15) is 0 Å². The Kier molecular flexibility index (Phi) is 3.71. The smallest absolute Gasteiger partial charge is 0.194 e. The summed E-state index contributed by atoms with van der Waals surface area (Å²) in [6.45, 7) is -0.0481. The standard InChI is InChI=1S/C9H10BrFO3/c10-6-4-7(13)9(14)8(11)5(6)2-1-3-12/h4,12-14H,1-3H2. The number of phenols is 2. The highest BCUT2D eigenvalue weighted by molar-refractivity contribution is 9.10. The predicted octanol–water partition coefficient (Wildman–Crippen LogP) is 1.92. The Morgan fingerprint density at radius 3 is 2.57 bits per heavy atom. The maximum atomic E-state index is 13.3. The molecule has 0 aliphatic carbocycles. The van der Waals surface area contributed by atoms with Gasteiger partial charge in [-0.15, -0.1) is 0 Å². The molecule has 0 heterocycles. The molecule has 1 rings (SSSR count). The quantitative estimate of drug-likeness (QED) is 0.732. The summed E-state index contributed by atoms with van der Waals surface area (Å²) in [5.41, 5.74) is 0.259. The Bertz CT molecular complexity index is 341. The molecule has 1 aromatic carbocycles. The minimum atomic E-state index is -0.842. The first kappa shape index (κ1) is 11.3. The minimum absolute atomic E-state index is 0.0481. The van der Waals surface area contributed by atoms with Crippen molar-refractivity contribution < 1.29 is 19.7 Å². The average molecular weight is 265 g/mol. The third-order valence-corrected chi connectivity index (χ3v) is 2.56. The highest BCUT2D eigenvalue weighted by Crippen LogP contribution is 2.35. The van der Waals surface area contributed by atoms with Crippen molar-refractivity contribution in [1.29, 1.82) is 0 Å². The lowest BCUT2D eigenvalue weighted by molar-refractivity contribution is 0.287. The summed E-state index contributed by atoms with van der Waals surface area (Å²) in [7, 11) is 0. The van der Waals surface area contributed by atoms with Crippen LogP contribution in [0.25, 0.3) is 0 Å². The topological polar surface area (TPSA) is 60.7 Å². The summed E-state index contributed by atoms with van der Waals surface area (Å²) in [6.07, 6.45) is 0.705. The molecule has 0 aliphatic heterocycles. The fraction of sp³-hybridized carbons (Fsp3) is 0.333. The van der Waals surface area contributed by atoms with Crippen LogP contribution in [0.1, 0.15) is 12.0 Å². The Morgan fingerprint density at radius 1 is 1.36 bits per heavy atom. The van der Waals surface area contributed by atoms with E-state index in [0.29, 0.717) is 17.3 Å². The van der Waals surface area contributed by atoms with E-state index in [1.165, 1.54) is 6.07 Å². The maximum absolute atomic E-state index is 13.3. The molecule has 0 spiro atoms. The van der Waals surface area contributed by atoms with Gasteiger partial charge in [0.2, 0.25) is 0 Å². The van der Waals surface area contributed by atoms with Crippen LogP contribution >= 0.6 is 15.9 Å². The lowest BCUT2D eigenvalue weighted by Crippen LogP contribution is -1.95. The minimum Gasteiger partial charge on any atom is -0.504 e. The second-order valence-electron chi connectivity index (χ2n) is 2.85. The third kappa shape index (κ3) is 2.16. The van der Waals surface area contributed by atoms with Crippen molar-refractivity contribution in [3.05, 3.63) is 21.9 Å². The summed E-state index contributed by atoms with van der Waals surface area (Å²) in [4.78, 5) is 0. The molecule has 0 unspecified atom stereocenters. The summed E-state index contributed by atoms with van der Waals surface area (Å²) in [5, 5.41) is 26.7. The number of aliphatic hydroxyl groups is 1. The summed E-state index contributed by atoms with van der Waals surface area (Å²) >= 11 is 3.07. The number of rotatable bonds is 3. The molecule has 0 radical (unpaired) electrons. The van der Waals surface area contributed by atoms with Gasteiger partial charge in [-0.05, 0) is 18.9 Å². The molecule has 0 fully saturated rings. The number of aromatic hydroxyl groups is 2. The molecule has 0 saturated heterocycles. The number of benzene rings is 1. The fourth-order valence-corrected chi connectivity index (χ4v) is 1.71. The summed E-state index contributed by atoms with van der Waals surface area (Å²) in [6, 6.07) is 1.23. The molecule has 14 heavy (non-hydrogen) atoms. The van der Waals surface area contributed by atoms with Crippen LogP contribution in [0.15, 0.2) is 10.5 Å². The van der Waals surface area contributed by atoms with Gasteiger partial charge in [0.1, 0.15) is 0 Å². The van der Waals surface area contributed by atoms with Gasteiger partial charge in [0.05, 0.1) is 0 Å². The van der Waals surface area contributed by atoms with Crippen LogP contribution in [0, 0.1) is 5.82 Å². The molecule has 3 N–H and O–H groups in total. The normalized spacial score (nSPS) is 10.5. The van der Waals surface area contributed by atoms with Crippen molar-refractivity contribution >= 4 is 15.9 Å². The number of aliphatic hydroxyl groups excluding tert-OH is 1. The number of hydrogen-bond acceptors (Lipinski definition) is 3. The first-order valence-corrected chi connectivity index (χ1v) is 4.87. The fourth-order valence-electron chi connectivity index (χ4n) is 1.12. The van der Waals surface area contributed by atoms with Crippen molar-refractivity contribution in [2.24, 2.45) is 0 Å². The Hall–Kier alpha value is -0.810. The highest BCUT2D eigenvalue weighted by atomic mass is 79.9. The van der Waals surface area contributed by atoms with Gasteiger partial charge in [0.15, 0.2) is 17.3 Å². The lowest BCUT2D eigenvalue weighted by atomic mass is 10.1. The zero-order valence-corrected chi connectivity index (χ0v) is 8.88. The van der Waals surface area contributed by atoms with E-state index in [9.17, 15) is 4.39 Å². The van der Waals surface area contributed by atoms with Crippen molar-refractivity contribution in [3.63, 3.8) is 0 Å². The van der Waals surface area contributed by atoms with Gasteiger partial charge in [0.25, 0.3) is 0 Å². The number of phenolic OH excluding ortho intramolecular Hbond substituents is 2. The molecule has 0 atom stereocenters. The van der Waals surface area contributed by atoms with Crippen molar-refractivity contribution in [2.75, 3.05) is 6.61 Å². The van der Waals surface area contributed by atoms with Crippen LogP contribution in [-0.2, 0) is 6.42 Å². The SMILES string of the molecule is OCCCc1c(Br)cc(O)c(O)c1F. The molecular formula is C9H10BrFO3. The van der Waals surface area contributed by atoms with Crippen LogP contribution < -0.4 is 0 Å². The van der Waals surface area contributed by atoms with Crippen LogP contribution in [0.2, 0.25) is 0 Å². The Balaban J connectivity index is 3.09. The maximum Gasteiger partial charge on any atom is 0.194 e. The van der Waals surface area contributed by atoms with E-state index in [1.54, 1.807) is 0 Å². The van der Waals surface area contributed by atoms with E-state index in [-0.39, 0.29) is 12.2 Å². The van der Waals surface area contributed by atoms with Gasteiger partial charge in [0, 0.05) is 16.6 Å². The molecule has 0 bridgehead atoms. The van der Waals surface area contributed by atoms with Crippen molar-refractivity contribution in [1.82, 2.24) is 0 Å². The van der Waals surface area contributed by atoms with E-state index in [0.717, 1.165) is 0 Å². The van der Waals surface area contributed by atoms with E-state index in [4.69, 9.17) is 15.3 Å². The van der Waals surface area contributed by atoms with Gasteiger partial charge in [-0.1, -0.05) is 15.9 Å². The Morgan fingerprint density at radius 2 is 2.00 bits per heavy atom. The van der Waals surface area contributed by atoms with E-state index >= 15 is 0 Å². The molecule has 0 amide bonds. The van der Waals surface area contributed by atoms with Crippen molar-refractivity contribution in [3.8, 4) is 11.5 Å². The van der Waals surface area contributed by atoms with Crippen LogP contribution in [0.3, 0.4) is 0 Å². The van der Waals surface area contributed by atoms with E-state index in [1.807, 2.05) is 0 Å². The average Bonchev–Trinajstić information content (AvgIpc) is 2.14. The molecule has 0 aliphatic rings.